The van der Waals surface area contributed by atoms with E-state index in [9.17, 15) is 4.39 Å². The molecule has 1 saturated carbocycles. The number of hydrogen-bond donors (Lipinski definition) is 1. The minimum Gasteiger partial charge on any atom is -0.324 e. The van der Waals surface area contributed by atoms with Crippen molar-refractivity contribution in [1.29, 1.82) is 0 Å². The standard InChI is InChI=1S/C12H16FN/c1-11(2,12(14)7-8-12)9-3-5-10(13)6-4-9/h3-6H,7-8,14H2,1-2H3. The van der Waals surface area contributed by atoms with E-state index in [0.717, 1.165) is 18.4 Å². The lowest BCUT2D eigenvalue weighted by molar-refractivity contribution is 0.391. The Morgan fingerprint density at radius 3 is 2.14 bits per heavy atom. The molecule has 2 rings (SSSR count). The van der Waals surface area contributed by atoms with Crippen molar-refractivity contribution in [3.05, 3.63) is 35.6 Å². The van der Waals surface area contributed by atoms with Crippen LogP contribution in [0.3, 0.4) is 0 Å². The molecule has 76 valence electrons. The third-order valence-electron chi connectivity index (χ3n) is 3.60. The zero-order valence-electron chi connectivity index (χ0n) is 8.68. The van der Waals surface area contributed by atoms with E-state index in [2.05, 4.69) is 13.8 Å². The second-order valence-corrected chi connectivity index (χ2v) is 4.79. The Morgan fingerprint density at radius 2 is 1.71 bits per heavy atom. The van der Waals surface area contributed by atoms with Gasteiger partial charge in [-0.1, -0.05) is 26.0 Å². The van der Waals surface area contributed by atoms with E-state index in [1.54, 1.807) is 0 Å². The van der Waals surface area contributed by atoms with Gasteiger partial charge in [0.1, 0.15) is 5.82 Å². The van der Waals surface area contributed by atoms with Gasteiger partial charge in [-0.3, -0.25) is 0 Å². The molecule has 2 N–H and O–H groups in total. The normalized spacial score (nSPS) is 19.4. The third-order valence-corrected chi connectivity index (χ3v) is 3.60. The van der Waals surface area contributed by atoms with Gasteiger partial charge < -0.3 is 5.73 Å². The second kappa shape index (κ2) is 2.80. The summed E-state index contributed by atoms with van der Waals surface area (Å²) in [6, 6.07) is 6.68. The van der Waals surface area contributed by atoms with Crippen LogP contribution in [-0.2, 0) is 5.41 Å². The molecule has 1 aromatic rings. The van der Waals surface area contributed by atoms with E-state index in [0.29, 0.717) is 0 Å². The van der Waals surface area contributed by atoms with Crippen molar-refractivity contribution in [2.24, 2.45) is 5.73 Å². The van der Waals surface area contributed by atoms with Gasteiger partial charge in [0.15, 0.2) is 0 Å². The van der Waals surface area contributed by atoms with Gasteiger partial charge >= 0.3 is 0 Å². The van der Waals surface area contributed by atoms with Crippen LogP contribution in [0.15, 0.2) is 24.3 Å². The van der Waals surface area contributed by atoms with Crippen LogP contribution in [-0.4, -0.2) is 5.54 Å². The first-order valence-electron chi connectivity index (χ1n) is 5.01. The smallest absolute Gasteiger partial charge is 0.123 e. The Morgan fingerprint density at radius 1 is 1.21 bits per heavy atom. The van der Waals surface area contributed by atoms with Crippen LogP contribution in [0.5, 0.6) is 0 Å². The van der Waals surface area contributed by atoms with Crippen molar-refractivity contribution in [3.8, 4) is 0 Å². The Labute approximate surface area is 84.1 Å². The van der Waals surface area contributed by atoms with Crippen LogP contribution in [0.25, 0.3) is 0 Å². The fourth-order valence-electron chi connectivity index (χ4n) is 1.91. The third kappa shape index (κ3) is 1.34. The van der Waals surface area contributed by atoms with Gasteiger partial charge in [0.05, 0.1) is 0 Å². The Balaban J connectivity index is 2.34. The van der Waals surface area contributed by atoms with Crippen molar-refractivity contribution in [1.82, 2.24) is 0 Å². The van der Waals surface area contributed by atoms with Crippen molar-refractivity contribution < 1.29 is 4.39 Å². The first kappa shape index (κ1) is 9.66. The molecular formula is C12H16FN. The van der Waals surface area contributed by atoms with Crippen molar-refractivity contribution in [2.75, 3.05) is 0 Å². The van der Waals surface area contributed by atoms with E-state index < -0.39 is 0 Å². The molecule has 1 nitrogen and oxygen atoms in total. The predicted octanol–water partition coefficient (Wildman–Crippen LogP) is 2.59. The molecule has 0 spiro atoms. The Hall–Kier alpha value is -0.890. The number of hydrogen-bond acceptors (Lipinski definition) is 1. The van der Waals surface area contributed by atoms with Crippen LogP contribution in [0.4, 0.5) is 4.39 Å². The fourth-order valence-corrected chi connectivity index (χ4v) is 1.91. The van der Waals surface area contributed by atoms with Crippen LogP contribution in [0.1, 0.15) is 32.3 Å². The van der Waals surface area contributed by atoms with E-state index in [-0.39, 0.29) is 16.8 Å². The summed E-state index contributed by atoms with van der Waals surface area (Å²) in [6.45, 7) is 4.26. The highest BCUT2D eigenvalue weighted by atomic mass is 19.1. The zero-order chi connectivity index (χ0) is 10.4. The lowest BCUT2D eigenvalue weighted by Gasteiger charge is -2.32. The molecule has 0 saturated heterocycles. The Kier molecular flexibility index (Phi) is 1.93. The summed E-state index contributed by atoms with van der Waals surface area (Å²) >= 11 is 0. The molecule has 14 heavy (non-hydrogen) atoms. The minimum absolute atomic E-state index is 0.0549. The summed E-state index contributed by atoms with van der Waals surface area (Å²) in [4.78, 5) is 0. The van der Waals surface area contributed by atoms with Gasteiger partial charge in [0.2, 0.25) is 0 Å². The first-order chi connectivity index (χ1) is 6.46. The molecule has 0 aliphatic heterocycles. The summed E-state index contributed by atoms with van der Waals surface area (Å²) in [6.07, 6.45) is 2.13. The van der Waals surface area contributed by atoms with Crippen LogP contribution in [0, 0.1) is 5.82 Å². The SMILES string of the molecule is CC(C)(c1ccc(F)cc1)C1(N)CC1. The number of benzene rings is 1. The molecule has 0 aromatic heterocycles. The van der Waals surface area contributed by atoms with E-state index >= 15 is 0 Å². The molecule has 0 atom stereocenters. The average molecular weight is 193 g/mol. The molecule has 1 aromatic carbocycles. The van der Waals surface area contributed by atoms with Crippen LogP contribution in [0.2, 0.25) is 0 Å². The maximum absolute atomic E-state index is 12.8. The topological polar surface area (TPSA) is 26.0 Å². The monoisotopic (exact) mass is 193 g/mol. The molecule has 0 amide bonds. The van der Waals surface area contributed by atoms with Crippen molar-refractivity contribution in [3.63, 3.8) is 0 Å². The quantitative estimate of drug-likeness (QED) is 0.767. The minimum atomic E-state index is -0.189. The van der Waals surface area contributed by atoms with E-state index in [1.807, 2.05) is 12.1 Å². The molecule has 0 bridgehead atoms. The fraction of sp³-hybridized carbons (Fsp3) is 0.500. The van der Waals surface area contributed by atoms with Gasteiger partial charge in [0.25, 0.3) is 0 Å². The highest BCUT2D eigenvalue weighted by Gasteiger charge is 2.51. The van der Waals surface area contributed by atoms with Gasteiger partial charge in [-0.15, -0.1) is 0 Å². The molecule has 1 fully saturated rings. The largest absolute Gasteiger partial charge is 0.324 e. The summed E-state index contributed by atoms with van der Waals surface area (Å²) in [7, 11) is 0. The van der Waals surface area contributed by atoms with Gasteiger partial charge in [-0.2, -0.15) is 0 Å². The highest BCUT2D eigenvalue weighted by molar-refractivity contribution is 5.32. The molecule has 0 heterocycles. The lowest BCUT2D eigenvalue weighted by atomic mass is 9.76. The van der Waals surface area contributed by atoms with E-state index in [4.69, 9.17) is 5.73 Å². The molecular weight excluding hydrogens is 177 g/mol. The molecule has 1 aliphatic carbocycles. The highest BCUT2D eigenvalue weighted by Crippen LogP contribution is 2.48. The van der Waals surface area contributed by atoms with Crippen molar-refractivity contribution in [2.45, 2.75) is 37.6 Å². The lowest BCUT2D eigenvalue weighted by Crippen LogP contribution is -2.43. The van der Waals surface area contributed by atoms with Crippen LogP contribution < -0.4 is 5.73 Å². The summed E-state index contributed by atoms with van der Waals surface area (Å²) in [5, 5.41) is 0. The number of nitrogens with two attached hydrogens (primary N) is 1. The molecule has 1 aliphatic rings. The van der Waals surface area contributed by atoms with E-state index in [1.165, 1.54) is 12.1 Å². The Bertz CT molecular complexity index is 336. The summed E-state index contributed by atoms with van der Waals surface area (Å²) < 4.78 is 12.8. The van der Waals surface area contributed by atoms with Gasteiger partial charge in [-0.25, -0.2) is 4.39 Å². The molecule has 0 unspecified atom stereocenters. The maximum atomic E-state index is 12.8. The number of rotatable bonds is 2. The second-order valence-electron chi connectivity index (χ2n) is 4.79. The summed E-state index contributed by atoms with van der Waals surface area (Å²) in [5.74, 6) is -0.189. The summed E-state index contributed by atoms with van der Waals surface area (Å²) in [5.41, 5.74) is 7.19. The average Bonchev–Trinajstić information content (AvgIpc) is 2.86. The zero-order valence-corrected chi connectivity index (χ0v) is 8.68. The predicted molar refractivity (Wildman–Crippen MR) is 55.6 cm³/mol. The van der Waals surface area contributed by atoms with Crippen molar-refractivity contribution >= 4 is 0 Å². The van der Waals surface area contributed by atoms with Gasteiger partial charge in [-0.05, 0) is 30.5 Å². The maximum Gasteiger partial charge on any atom is 0.123 e. The number of halogens is 1. The van der Waals surface area contributed by atoms with Gasteiger partial charge in [0, 0.05) is 11.0 Å². The molecule has 2 heteroatoms. The molecule has 0 radical (unpaired) electrons. The van der Waals surface area contributed by atoms with Crippen LogP contribution >= 0.6 is 0 Å². The first-order valence-corrected chi connectivity index (χ1v) is 5.01.